The molecule has 4 aromatic rings. The number of fused-ring (bicyclic) bond motifs is 1. The first-order valence-electron chi connectivity index (χ1n) is 8.80. The van der Waals surface area contributed by atoms with Crippen LogP contribution in [0.2, 0.25) is 5.02 Å². The van der Waals surface area contributed by atoms with Gasteiger partial charge in [-0.25, -0.2) is 4.79 Å². The molecule has 0 radical (unpaired) electrons. The maximum Gasteiger partial charge on any atom is 0.336 e. The smallest absolute Gasteiger partial charge is 0.336 e. The molecule has 0 aliphatic rings. The van der Waals surface area contributed by atoms with Crippen LogP contribution in [0, 0.1) is 0 Å². The molecule has 2 N–H and O–H groups in total. The molecular formula is C23H16ClNO4. The summed E-state index contributed by atoms with van der Waals surface area (Å²) in [6.45, 7) is 0. The van der Waals surface area contributed by atoms with Gasteiger partial charge in [-0.05, 0) is 35.4 Å². The van der Waals surface area contributed by atoms with E-state index in [9.17, 15) is 10.0 Å². The van der Waals surface area contributed by atoms with E-state index in [0.717, 1.165) is 16.5 Å². The normalized spacial score (nSPS) is 11.4. The van der Waals surface area contributed by atoms with Crippen LogP contribution in [-0.4, -0.2) is 5.21 Å². The van der Waals surface area contributed by atoms with E-state index >= 15 is 0 Å². The Hall–Kier alpha value is -3.54. The molecule has 0 aliphatic heterocycles. The van der Waals surface area contributed by atoms with Crippen LogP contribution in [0.25, 0.3) is 27.8 Å². The van der Waals surface area contributed by atoms with Crippen LogP contribution in [0.15, 0.2) is 94.3 Å². The van der Waals surface area contributed by atoms with E-state index in [1.165, 1.54) is 12.3 Å². The lowest BCUT2D eigenvalue weighted by atomic mass is 10.0. The van der Waals surface area contributed by atoms with E-state index in [4.69, 9.17) is 20.8 Å². The van der Waals surface area contributed by atoms with Gasteiger partial charge in [0.25, 0.3) is 0 Å². The summed E-state index contributed by atoms with van der Waals surface area (Å²) in [5.41, 5.74) is 4.83. The van der Waals surface area contributed by atoms with Crippen LogP contribution in [0.1, 0.15) is 5.56 Å². The van der Waals surface area contributed by atoms with E-state index in [0.29, 0.717) is 27.6 Å². The Morgan fingerprint density at radius 1 is 1.00 bits per heavy atom. The maximum atomic E-state index is 12.0. The van der Waals surface area contributed by atoms with Crippen molar-refractivity contribution in [2.24, 2.45) is 0 Å². The number of hydrogen-bond donors (Lipinski definition) is 2. The minimum Gasteiger partial charge on any atom is -0.463 e. The Morgan fingerprint density at radius 3 is 2.48 bits per heavy atom. The van der Waals surface area contributed by atoms with E-state index in [-0.39, 0.29) is 0 Å². The van der Waals surface area contributed by atoms with Gasteiger partial charge in [0.05, 0.1) is 0 Å². The van der Waals surface area contributed by atoms with Crippen LogP contribution in [0.4, 0.5) is 0 Å². The fourth-order valence-corrected chi connectivity index (χ4v) is 3.11. The van der Waals surface area contributed by atoms with Crippen molar-refractivity contribution < 1.29 is 14.4 Å². The lowest BCUT2D eigenvalue weighted by Crippen LogP contribution is -2.07. The zero-order valence-electron chi connectivity index (χ0n) is 15.1. The lowest BCUT2D eigenvalue weighted by Gasteiger charge is -2.09. The second kappa shape index (κ2) is 8.22. The van der Waals surface area contributed by atoms with Crippen molar-refractivity contribution in [3.63, 3.8) is 0 Å². The van der Waals surface area contributed by atoms with E-state index in [1.807, 2.05) is 36.4 Å². The van der Waals surface area contributed by atoms with Gasteiger partial charge in [-0.15, -0.1) is 0 Å². The molecule has 29 heavy (non-hydrogen) atoms. The van der Waals surface area contributed by atoms with Gasteiger partial charge in [0.1, 0.15) is 23.3 Å². The highest BCUT2D eigenvalue weighted by Crippen LogP contribution is 2.29. The standard InChI is InChI=1S/C23H16ClNO4/c24-17-8-6-16(7-9-17)21(25-27)14-28-18-10-11-19-20(15-4-2-1-3-5-15)13-23(26)29-22(19)12-18/h1-14,25,27H/b21-14+. The van der Waals surface area contributed by atoms with Crippen LogP contribution < -0.4 is 15.8 Å². The van der Waals surface area contributed by atoms with E-state index < -0.39 is 5.63 Å². The molecule has 0 saturated heterocycles. The summed E-state index contributed by atoms with van der Waals surface area (Å²) in [4.78, 5) is 12.0. The van der Waals surface area contributed by atoms with Gasteiger partial charge >= 0.3 is 5.63 Å². The Balaban J connectivity index is 1.69. The zero-order chi connectivity index (χ0) is 20.2. The van der Waals surface area contributed by atoms with Crippen LogP contribution in [0.3, 0.4) is 0 Å². The van der Waals surface area contributed by atoms with Crippen molar-refractivity contribution in [2.45, 2.75) is 0 Å². The average Bonchev–Trinajstić information content (AvgIpc) is 2.75. The fraction of sp³-hybridized carbons (Fsp3) is 0. The van der Waals surface area contributed by atoms with Gasteiger partial charge in [-0.1, -0.05) is 54.1 Å². The number of benzene rings is 3. The first-order chi connectivity index (χ1) is 14.1. The summed E-state index contributed by atoms with van der Waals surface area (Å²) in [5.74, 6) is 0.451. The molecule has 144 valence electrons. The van der Waals surface area contributed by atoms with Gasteiger partial charge in [-0.3, -0.25) is 10.7 Å². The monoisotopic (exact) mass is 405 g/mol. The molecule has 4 rings (SSSR count). The van der Waals surface area contributed by atoms with Crippen LogP contribution >= 0.6 is 11.6 Å². The maximum absolute atomic E-state index is 12.0. The molecule has 0 amide bonds. The molecule has 0 unspecified atom stereocenters. The summed E-state index contributed by atoms with van der Waals surface area (Å²) < 4.78 is 11.0. The third-order valence-corrected chi connectivity index (χ3v) is 4.64. The average molecular weight is 406 g/mol. The molecule has 0 saturated carbocycles. The Bertz CT molecular complexity index is 1230. The zero-order valence-corrected chi connectivity index (χ0v) is 15.9. The molecule has 0 spiro atoms. The topological polar surface area (TPSA) is 71.7 Å². The molecule has 1 aromatic heterocycles. The molecule has 6 heteroatoms. The minimum absolute atomic E-state index is 0.348. The van der Waals surface area contributed by atoms with Crippen LogP contribution in [-0.2, 0) is 0 Å². The fourth-order valence-electron chi connectivity index (χ4n) is 2.99. The molecule has 1 heterocycles. The Morgan fingerprint density at radius 2 is 1.76 bits per heavy atom. The SMILES string of the molecule is O=c1cc(-c2ccccc2)c2ccc(O/C=C(/NO)c3ccc(Cl)cc3)cc2o1. The quantitative estimate of drug-likeness (QED) is 0.262. The molecule has 0 fully saturated rings. The number of hydrogen-bond acceptors (Lipinski definition) is 5. The van der Waals surface area contributed by atoms with Crippen LogP contribution in [0.5, 0.6) is 5.75 Å². The minimum atomic E-state index is -0.442. The van der Waals surface area contributed by atoms with Gasteiger partial charge < -0.3 is 9.15 Å². The number of rotatable bonds is 5. The second-order valence-electron chi connectivity index (χ2n) is 6.27. The van der Waals surface area contributed by atoms with Gasteiger partial charge in [-0.2, -0.15) is 0 Å². The molecule has 3 aromatic carbocycles. The third kappa shape index (κ3) is 4.16. The van der Waals surface area contributed by atoms with Crippen molar-refractivity contribution in [2.75, 3.05) is 0 Å². The van der Waals surface area contributed by atoms with Crippen molar-refractivity contribution in [3.05, 3.63) is 106 Å². The predicted molar refractivity (Wildman–Crippen MR) is 113 cm³/mol. The molecule has 0 bridgehead atoms. The van der Waals surface area contributed by atoms with Crippen molar-refractivity contribution in [1.82, 2.24) is 5.48 Å². The summed E-state index contributed by atoms with van der Waals surface area (Å²) in [6.07, 6.45) is 1.36. The first kappa shape index (κ1) is 18.8. The number of nitrogens with one attached hydrogen (secondary N) is 1. The highest BCUT2D eigenvalue weighted by Gasteiger charge is 2.09. The highest BCUT2D eigenvalue weighted by molar-refractivity contribution is 6.30. The van der Waals surface area contributed by atoms with E-state index in [1.54, 1.807) is 36.4 Å². The van der Waals surface area contributed by atoms with E-state index in [2.05, 4.69) is 5.48 Å². The summed E-state index contributed by atoms with van der Waals surface area (Å²) in [5, 5.41) is 10.8. The highest BCUT2D eigenvalue weighted by atomic mass is 35.5. The third-order valence-electron chi connectivity index (χ3n) is 4.39. The summed E-state index contributed by atoms with van der Waals surface area (Å²) in [6, 6.07) is 23.2. The second-order valence-corrected chi connectivity index (χ2v) is 6.71. The van der Waals surface area contributed by atoms with Gasteiger partial charge in [0, 0.05) is 28.1 Å². The summed E-state index contributed by atoms with van der Waals surface area (Å²) >= 11 is 5.89. The van der Waals surface area contributed by atoms with Crippen molar-refractivity contribution in [3.8, 4) is 16.9 Å². The summed E-state index contributed by atoms with van der Waals surface area (Å²) in [7, 11) is 0. The Labute approximate surface area is 171 Å². The molecule has 0 atom stereocenters. The van der Waals surface area contributed by atoms with Crippen molar-refractivity contribution >= 4 is 28.3 Å². The largest absolute Gasteiger partial charge is 0.463 e. The Kier molecular flexibility index (Phi) is 5.33. The molecular weight excluding hydrogens is 390 g/mol. The molecule has 0 aliphatic carbocycles. The number of ether oxygens (including phenoxy) is 1. The van der Waals surface area contributed by atoms with Crippen molar-refractivity contribution in [1.29, 1.82) is 0 Å². The van der Waals surface area contributed by atoms with Gasteiger partial charge in [0.2, 0.25) is 0 Å². The number of hydroxylamine groups is 1. The number of halogens is 1. The lowest BCUT2D eigenvalue weighted by molar-refractivity contribution is 0.222. The predicted octanol–water partition coefficient (Wildman–Crippen LogP) is 5.47. The molecule has 5 nitrogen and oxygen atoms in total. The van der Waals surface area contributed by atoms with Gasteiger partial charge in [0.15, 0.2) is 0 Å². The first-order valence-corrected chi connectivity index (χ1v) is 9.18.